The predicted octanol–water partition coefficient (Wildman–Crippen LogP) is 4.32. The van der Waals surface area contributed by atoms with Gasteiger partial charge in [-0.2, -0.15) is 0 Å². The van der Waals surface area contributed by atoms with E-state index in [0.717, 1.165) is 23.3 Å². The minimum absolute atomic E-state index is 0.252. The quantitative estimate of drug-likeness (QED) is 0.837. The van der Waals surface area contributed by atoms with Crippen LogP contribution in [-0.2, 0) is 13.0 Å². The molecular weight excluding hydrogens is 260 g/mol. The number of rotatable bonds is 3. The molecule has 1 aliphatic carbocycles. The van der Waals surface area contributed by atoms with Crippen LogP contribution in [0.5, 0.6) is 5.75 Å². The van der Waals surface area contributed by atoms with E-state index in [0.29, 0.717) is 13.0 Å². The minimum atomic E-state index is 0.252. The second-order valence-corrected chi connectivity index (χ2v) is 5.91. The van der Waals surface area contributed by atoms with Gasteiger partial charge in [0.2, 0.25) is 0 Å². The Kier molecular flexibility index (Phi) is 3.54. The number of carbonyl (C=O) groups is 1. The number of Topliss-reactive ketones (excluding diaryl/α,β-unsaturated/α-hetero) is 1. The summed E-state index contributed by atoms with van der Waals surface area (Å²) < 4.78 is 5.94. The number of aryl methyl sites for hydroxylation is 4. The zero-order valence-electron chi connectivity index (χ0n) is 12.8. The second-order valence-electron chi connectivity index (χ2n) is 5.91. The molecule has 2 heteroatoms. The fourth-order valence-corrected chi connectivity index (χ4v) is 3.11. The molecule has 0 amide bonds. The highest BCUT2D eigenvalue weighted by molar-refractivity contribution is 6.00. The van der Waals surface area contributed by atoms with E-state index in [2.05, 4.69) is 32.9 Å². The summed E-state index contributed by atoms with van der Waals surface area (Å²) >= 11 is 0. The van der Waals surface area contributed by atoms with E-state index in [1.54, 1.807) is 0 Å². The lowest BCUT2D eigenvalue weighted by atomic mass is 10.0. The molecule has 2 nitrogen and oxygen atoms in total. The van der Waals surface area contributed by atoms with Crippen LogP contribution in [0.1, 0.15) is 44.6 Å². The summed E-state index contributed by atoms with van der Waals surface area (Å²) in [6.07, 6.45) is 1.48. The van der Waals surface area contributed by atoms with E-state index in [1.807, 2.05) is 18.2 Å². The molecule has 0 fully saturated rings. The molecule has 0 spiro atoms. The zero-order chi connectivity index (χ0) is 15.0. The molecule has 2 aromatic carbocycles. The van der Waals surface area contributed by atoms with Crippen LogP contribution < -0.4 is 4.74 Å². The van der Waals surface area contributed by atoms with Gasteiger partial charge >= 0.3 is 0 Å². The lowest BCUT2D eigenvalue weighted by Gasteiger charge is -2.13. The van der Waals surface area contributed by atoms with Crippen molar-refractivity contribution >= 4 is 5.78 Å². The third-order valence-electron chi connectivity index (χ3n) is 4.22. The average molecular weight is 280 g/mol. The number of ether oxygens (including phenoxy) is 1. The summed E-state index contributed by atoms with van der Waals surface area (Å²) in [4.78, 5) is 11.6. The van der Waals surface area contributed by atoms with Crippen LogP contribution in [0.4, 0.5) is 0 Å². The van der Waals surface area contributed by atoms with Crippen molar-refractivity contribution in [2.45, 2.75) is 40.2 Å². The van der Waals surface area contributed by atoms with Gasteiger partial charge in [0.15, 0.2) is 5.78 Å². The molecule has 0 radical (unpaired) electrons. The van der Waals surface area contributed by atoms with Crippen LogP contribution in [0.15, 0.2) is 30.3 Å². The average Bonchev–Trinajstić information content (AvgIpc) is 2.79. The van der Waals surface area contributed by atoms with Crippen molar-refractivity contribution in [1.82, 2.24) is 0 Å². The molecule has 2 aromatic rings. The maximum Gasteiger partial charge on any atom is 0.163 e. The molecule has 0 bridgehead atoms. The molecule has 3 rings (SSSR count). The van der Waals surface area contributed by atoms with Crippen LogP contribution in [0.2, 0.25) is 0 Å². The molecule has 108 valence electrons. The molecule has 0 aliphatic heterocycles. The van der Waals surface area contributed by atoms with Crippen molar-refractivity contribution in [2.75, 3.05) is 0 Å². The summed E-state index contributed by atoms with van der Waals surface area (Å²) in [6, 6.07) is 10.2. The Bertz CT molecular complexity index is 690. The fourth-order valence-electron chi connectivity index (χ4n) is 3.11. The van der Waals surface area contributed by atoms with Gasteiger partial charge in [-0.15, -0.1) is 0 Å². The van der Waals surface area contributed by atoms with Crippen LogP contribution in [0.3, 0.4) is 0 Å². The predicted molar refractivity (Wildman–Crippen MR) is 84.1 cm³/mol. The van der Waals surface area contributed by atoms with Gasteiger partial charge in [-0.1, -0.05) is 17.7 Å². The van der Waals surface area contributed by atoms with Gasteiger partial charge in [0.05, 0.1) is 0 Å². The van der Waals surface area contributed by atoms with Gasteiger partial charge < -0.3 is 4.74 Å². The standard InChI is InChI=1S/C19H20O2/c1-12-8-13(2)18(14(3)9-12)11-21-16-5-6-17-15(10-16)4-7-19(17)20/h5-6,8-10H,4,7,11H2,1-3H3. The minimum Gasteiger partial charge on any atom is -0.489 e. The van der Waals surface area contributed by atoms with Crippen molar-refractivity contribution in [1.29, 1.82) is 0 Å². The van der Waals surface area contributed by atoms with Gasteiger partial charge in [-0.3, -0.25) is 4.79 Å². The van der Waals surface area contributed by atoms with Gasteiger partial charge in [0.1, 0.15) is 12.4 Å². The normalized spacial score (nSPS) is 13.4. The number of fused-ring (bicyclic) bond motifs is 1. The molecule has 0 atom stereocenters. The molecule has 21 heavy (non-hydrogen) atoms. The summed E-state index contributed by atoms with van der Waals surface area (Å²) in [5.41, 5.74) is 7.05. The van der Waals surface area contributed by atoms with Gasteiger partial charge in [0, 0.05) is 12.0 Å². The Morgan fingerprint density at radius 1 is 1.00 bits per heavy atom. The van der Waals surface area contributed by atoms with Crippen molar-refractivity contribution in [3.63, 3.8) is 0 Å². The van der Waals surface area contributed by atoms with Crippen LogP contribution in [0, 0.1) is 20.8 Å². The van der Waals surface area contributed by atoms with Crippen LogP contribution in [0.25, 0.3) is 0 Å². The number of carbonyl (C=O) groups excluding carboxylic acids is 1. The highest BCUT2D eigenvalue weighted by atomic mass is 16.5. The van der Waals surface area contributed by atoms with E-state index in [9.17, 15) is 4.79 Å². The summed E-state index contributed by atoms with van der Waals surface area (Å²) in [6.45, 7) is 6.94. The maximum absolute atomic E-state index is 11.6. The number of benzene rings is 2. The van der Waals surface area contributed by atoms with Gasteiger partial charge in [-0.05, 0) is 67.6 Å². The Labute approximate surface area is 125 Å². The summed E-state index contributed by atoms with van der Waals surface area (Å²) in [7, 11) is 0. The number of hydrogen-bond acceptors (Lipinski definition) is 2. The van der Waals surface area contributed by atoms with E-state index in [4.69, 9.17) is 4.74 Å². The van der Waals surface area contributed by atoms with Crippen molar-refractivity contribution < 1.29 is 9.53 Å². The first-order valence-electron chi connectivity index (χ1n) is 7.40. The molecule has 1 aliphatic rings. The highest BCUT2D eigenvalue weighted by Crippen LogP contribution is 2.27. The highest BCUT2D eigenvalue weighted by Gasteiger charge is 2.19. The monoisotopic (exact) mass is 280 g/mol. The largest absolute Gasteiger partial charge is 0.489 e. The van der Waals surface area contributed by atoms with Crippen molar-refractivity contribution in [3.8, 4) is 5.75 Å². The van der Waals surface area contributed by atoms with E-state index >= 15 is 0 Å². The molecule has 0 N–H and O–H groups in total. The van der Waals surface area contributed by atoms with Crippen LogP contribution >= 0.6 is 0 Å². The summed E-state index contributed by atoms with van der Waals surface area (Å²) in [5, 5.41) is 0. The molecule has 0 saturated carbocycles. The molecule has 0 unspecified atom stereocenters. The number of ketones is 1. The molecular formula is C19H20O2. The third-order valence-corrected chi connectivity index (χ3v) is 4.22. The first-order chi connectivity index (χ1) is 10.0. The molecule has 0 heterocycles. The Balaban J connectivity index is 1.78. The second kappa shape index (κ2) is 5.36. The first-order valence-corrected chi connectivity index (χ1v) is 7.40. The topological polar surface area (TPSA) is 26.3 Å². The van der Waals surface area contributed by atoms with E-state index < -0.39 is 0 Å². The lowest BCUT2D eigenvalue weighted by molar-refractivity contribution is 0.0994. The fraction of sp³-hybridized carbons (Fsp3) is 0.316. The lowest BCUT2D eigenvalue weighted by Crippen LogP contribution is -2.02. The number of hydrogen-bond donors (Lipinski definition) is 0. The smallest absolute Gasteiger partial charge is 0.163 e. The Hall–Kier alpha value is -2.09. The first kappa shape index (κ1) is 13.9. The summed E-state index contributed by atoms with van der Waals surface area (Å²) in [5.74, 6) is 1.10. The zero-order valence-corrected chi connectivity index (χ0v) is 12.8. The maximum atomic E-state index is 11.6. The van der Waals surface area contributed by atoms with Crippen LogP contribution in [-0.4, -0.2) is 5.78 Å². The third kappa shape index (κ3) is 2.71. The van der Waals surface area contributed by atoms with Crippen molar-refractivity contribution in [3.05, 3.63) is 63.7 Å². The Morgan fingerprint density at radius 3 is 2.43 bits per heavy atom. The molecule has 0 saturated heterocycles. The van der Waals surface area contributed by atoms with Gasteiger partial charge in [0.25, 0.3) is 0 Å². The van der Waals surface area contributed by atoms with E-state index in [1.165, 1.54) is 22.3 Å². The van der Waals surface area contributed by atoms with E-state index in [-0.39, 0.29) is 5.78 Å². The van der Waals surface area contributed by atoms with Gasteiger partial charge in [-0.25, -0.2) is 0 Å². The Morgan fingerprint density at radius 2 is 1.71 bits per heavy atom. The molecule has 0 aromatic heterocycles. The van der Waals surface area contributed by atoms with Crippen molar-refractivity contribution in [2.24, 2.45) is 0 Å². The SMILES string of the molecule is Cc1cc(C)c(COc2ccc3c(c2)CCC3=O)c(C)c1.